The molecular formula is C16H19BrN2O4. The van der Waals surface area contributed by atoms with Gasteiger partial charge in [0.25, 0.3) is 0 Å². The number of carbonyl (C=O) groups excluding carboxylic acids is 2. The first-order valence-corrected chi connectivity index (χ1v) is 8.03. The van der Waals surface area contributed by atoms with Gasteiger partial charge in [-0.25, -0.2) is 4.79 Å². The van der Waals surface area contributed by atoms with Crippen molar-refractivity contribution in [1.29, 1.82) is 0 Å². The number of nitrogens with one attached hydrogen (secondary N) is 1. The molecule has 1 aliphatic heterocycles. The lowest BCUT2D eigenvalue weighted by molar-refractivity contribution is -0.146. The van der Waals surface area contributed by atoms with Crippen LogP contribution in [0.25, 0.3) is 0 Å². The van der Waals surface area contributed by atoms with E-state index in [1.54, 1.807) is 4.90 Å². The second kappa shape index (κ2) is 6.31. The monoisotopic (exact) mass is 382 g/mol. The van der Waals surface area contributed by atoms with Gasteiger partial charge >= 0.3 is 5.97 Å². The molecule has 1 aliphatic rings. The predicted octanol–water partition coefficient (Wildman–Crippen LogP) is 2.09. The summed E-state index contributed by atoms with van der Waals surface area (Å²) in [5.41, 5.74) is 0.376. The fraction of sp³-hybridized carbons (Fsp3) is 0.438. The van der Waals surface area contributed by atoms with E-state index in [4.69, 9.17) is 5.11 Å². The van der Waals surface area contributed by atoms with E-state index in [0.29, 0.717) is 0 Å². The Morgan fingerprint density at radius 2 is 2.04 bits per heavy atom. The number of anilines is 1. The molecule has 7 heteroatoms. The highest BCUT2D eigenvalue weighted by molar-refractivity contribution is 9.10. The van der Waals surface area contributed by atoms with Crippen molar-refractivity contribution in [3.8, 4) is 0 Å². The van der Waals surface area contributed by atoms with Gasteiger partial charge in [-0.15, -0.1) is 0 Å². The highest BCUT2D eigenvalue weighted by Gasteiger charge is 2.38. The molecule has 2 N–H and O–H groups in total. The zero-order chi connectivity index (χ0) is 17.4. The standard InChI is InChI=1S/C16H19BrN2O4/c1-9-6-11(4-5-12(9)17)19-8-10(7-13(19)20)14(21)18-16(2,3)15(22)23/h4-6,10H,7-8H2,1-3H3,(H,18,21)(H,22,23). The minimum Gasteiger partial charge on any atom is -0.480 e. The van der Waals surface area contributed by atoms with Gasteiger partial charge in [0.15, 0.2) is 0 Å². The van der Waals surface area contributed by atoms with Crippen molar-refractivity contribution in [2.24, 2.45) is 5.92 Å². The number of aliphatic carboxylic acids is 1. The predicted molar refractivity (Wildman–Crippen MR) is 89.2 cm³/mol. The van der Waals surface area contributed by atoms with E-state index in [0.717, 1.165) is 15.7 Å². The fourth-order valence-corrected chi connectivity index (χ4v) is 2.64. The smallest absolute Gasteiger partial charge is 0.328 e. The van der Waals surface area contributed by atoms with Gasteiger partial charge in [0.1, 0.15) is 5.54 Å². The van der Waals surface area contributed by atoms with E-state index in [1.807, 2.05) is 25.1 Å². The minimum atomic E-state index is -1.36. The van der Waals surface area contributed by atoms with Gasteiger partial charge < -0.3 is 15.3 Å². The largest absolute Gasteiger partial charge is 0.480 e. The number of carbonyl (C=O) groups is 3. The number of amides is 2. The van der Waals surface area contributed by atoms with Crippen molar-refractivity contribution in [2.45, 2.75) is 32.7 Å². The van der Waals surface area contributed by atoms with Crippen molar-refractivity contribution < 1.29 is 19.5 Å². The lowest BCUT2D eigenvalue weighted by Crippen LogP contribution is -2.51. The lowest BCUT2D eigenvalue weighted by Gasteiger charge is -2.23. The number of aryl methyl sites for hydroxylation is 1. The normalized spacial score (nSPS) is 18.2. The van der Waals surface area contributed by atoms with Crippen LogP contribution in [0.15, 0.2) is 22.7 Å². The molecule has 0 radical (unpaired) electrons. The number of rotatable bonds is 4. The summed E-state index contributed by atoms with van der Waals surface area (Å²) in [6.07, 6.45) is 0.0800. The van der Waals surface area contributed by atoms with E-state index in [-0.39, 0.29) is 18.9 Å². The van der Waals surface area contributed by atoms with E-state index in [2.05, 4.69) is 21.2 Å². The van der Waals surface area contributed by atoms with Gasteiger partial charge in [-0.2, -0.15) is 0 Å². The summed E-state index contributed by atoms with van der Waals surface area (Å²) in [6.45, 7) is 5.01. The zero-order valence-electron chi connectivity index (χ0n) is 13.2. The Bertz CT molecular complexity index is 672. The van der Waals surface area contributed by atoms with Crippen LogP contribution in [0.1, 0.15) is 25.8 Å². The maximum Gasteiger partial charge on any atom is 0.328 e. The molecule has 1 aromatic carbocycles. The van der Waals surface area contributed by atoms with E-state index in [9.17, 15) is 14.4 Å². The van der Waals surface area contributed by atoms with Gasteiger partial charge in [0, 0.05) is 23.1 Å². The number of carboxylic acids is 1. The Balaban J connectivity index is 2.12. The highest BCUT2D eigenvalue weighted by Crippen LogP contribution is 2.28. The molecule has 6 nitrogen and oxygen atoms in total. The molecular weight excluding hydrogens is 364 g/mol. The van der Waals surface area contributed by atoms with Crippen LogP contribution in [-0.4, -0.2) is 35.0 Å². The molecule has 0 bridgehead atoms. The Labute approximate surface area is 143 Å². The van der Waals surface area contributed by atoms with Crippen LogP contribution in [0, 0.1) is 12.8 Å². The molecule has 1 fully saturated rings. The number of nitrogens with zero attached hydrogens (tertiary/aromatic N) is 1. The Hall–Kier alpha value is -1.89. The minimum absolute atomic E-state index is 0.0800. The van der Waals surface area contributed by atoms with Crippen LogP contribution in [-0.2, 0) is 14.4 Å². The molecule has 0 aliphatic carbocycles. The summed E-state index contributed by atoms with van der Waals surface area (Å²) >= 11 is 3.41. The topological polar surface area (TPSA) is 86.7 Å². The number of hydrogen-bond acceptors (Lipinski definition) is 3. The molecule has 0 saturated carbocycles. The third-order valence-electron chi connectivity index (χ3n) is 3.92. The average Bonchev–Trinajstić information content (AvgIpc) is 2.83. The molecule has 1 saturated heterocycles. The summed E-state index contributed by atoms with van der Waals surface area (Å²) in [4.78, 5) is 37.1. The molecule has 2 rings (SSSR count). The Morgan fingerprint density at radius 1 is 1.39 bits per heavy atom. The molecule has 1 atom stereocenters. The van der Waals surface area contributed by atoms with Crippen molar-refractivity contribution in [3.63, 3.8) is 0 Å². The van der Waals surface area contributed by atoms with Crippen LogP contribution in [0.4, 0.5) is 5.69 Å². The summed E-state index contributed by atoms with van der Waals surface area (Å²) < 4.78 is 0.949. The van der Waals surface area contributed by atoms with Crippen molar-refractivity contribution >= 4 is 39.4 Å². The van der Waals surface area contributed by atoms with E-state index < -0.39 is 23.3 Å². The zero-order valence-corrected chi connectivity index (χ0v) is 14.8. The third kappa shape index (κ3) is 3.72. The number of benzene rings is 1. The maximum atomic E-state index is 12.2. The van der Waals surface area contributed by atoms with E-state index in [1.165, 1.54) is 13.8 Å². The first-order chi connectivity index (χ1) is 10.6. The van der Waals surface area contributed by atoms with Crippen LogP contribution >= 0.6 is 15.9 Å². The van der Waals surface area contributed by atoms with Gasteiger partial charge in [-0.3, -0.25) is 9.59 Å². The van der Waals surface area contributed by atoms with Crippen molar-refractivity contribution in [3.05, 3.63) is 28.2 Å². The maximum absolute atomic E-state index is 12.2. The molecule has 1 aromatic rings. The summed E-state index contributed by atoms with van der Waals surface area (Å²) in [7, 11) is 0. The van der Waals surface area contributed by atoms with Gasteiger partial charge in [0.2, 0.25) is 11.8 Å². The van der Waals surface area contributed by atoms with Crippen molar-refractivity contribution in [1.82, 2.24) is 5.32 Å². The number of hydrogen-bond donors (Lipinski definition) is 2. The van der Waals surface area contributed by atoms with E-state index >= 15 is 0 Å². The summed E-state index contributed by atoms with van der Waals surface area (Å²) in [5.74, 6) is -2.22. The molecule has 23 heavy (non-hydrogen) atoms. The van der Waals surface area contributed by atoms with Gasteiger partial charge in [-0.1, -0.05) is 15.9 Å². The Morgan fingerprint density at radius 3 is 2.61 bits per heavy atom. The second-order valence-electron chi connectivity index (χ2n) is 6.26. The lowest BCUT2D eigenvalue weighted by atomic mass is 10.0. The third-order valence-corrected chi connectivity index (χ3v) is 4.81. The van der Waals surface area contributed by atoms with Crippen LogP contribution in [0.3, 0.4) is 0 Å². The SMILES string of the molecule is Cc1cc(N2CC(C(=O)NC(C)(C)C(=O)O)CC2=O)ccc1Br. The summed E-state index contributed by atoms with van der Waals surface area (Å²) in [6, 6.07) is 5.55. The quantitative estimate of drug-likeness (QED) is 0.834. The second-order valence-corrected chi connectivity index (χ2v) is 7.11. The first kappa shape index (κ1) is 17.5. The molecule has 2 amide bonds. The molecule has 124 valence electrons. The molecule has 0 spiro atoms. The molecule has 1 heterocycles. The van der Waals surface area contributed by atoms with Crippen LogP contribution in [0.5, 0.6) is 0 Å². The highest BCUT2D eigenvalue weighted by atomic mass is 79.9. The van der Waals surface area contributed by atoms with Gasteiger partial charge in [-0.05, 0) is 44.5 Å². The van der Waals surface area contributed by atoms with Gasteiger partial charge in [0.05, 0.1) is 5.92 Å². The number of halogens is 1. The molecule has 1 unspecified atom stereocenters. The Kier molecular flexibility index (Phi) is 4.79. The average molecular weight is 383 g/mol. The summed E-state index contributed by atoms with van der Waals surface area (Å²) in [5, 5.41) is 11.6. The first-order valence-electron chi connectivity index (χ1n) is 7.24. The van der Waals surface area contributed by atoms with Crippen LogP contribution in [0.2, 0.25) is 0 Å². The van der Waals surface area contributed by atoms with Crippen molar-refractivity contribution in [2.75, 3.05) is 11.4 Å². The number of carboxylic acid groups (broad SMARTS) is 1. The fourth-order valence-electron chi connectivity index (χ4n) is 2.39. The van der Waals surface area contributed by atoms with Crippen LogP contribution < -0.4 is 10.2 Å². The molecule has 0 aromatic heterocycles.